The zero-order chi connectivity index (χ0) is 8.55. The molecule has 0 saturated carbocycles. The molecule has 0 spiro atoms. The topological polar surface area (TPSA) is 67.5 Å². The van der Waals surface area contributed by atoms with Crippen molar-refractivity contribution in [1.82, 2.24) is 14.8 Å². The number of aromatic nitrogens is 3. The Morgan fingerprint density at radius 1 is 1.58 bits per heavy atom. The van der Waals surface area contributed by atoms with E-state index in [1.54, 1.807) is 12.3 Å². The summed E-state index contributed by atoms with van der Waals surface area (Å²) >= 11 is 0. The van der Waals surface area contributed by atoms with Gasteiger partial charge in [-0.3, -0.25) is 0 Å². The number of hydrogen-bond acceptors (Lipinski definition) is 3. The molecule has 5 heteroatoms. The van der Waals surface area contributed by atoms with E-state index in [2.05, 4.69) is 10.3 Å². The van der Waals surface area contributed by atoms with Crippen molar-refractivity contribution in [2.75, 3.05) is 0 Å². The van der Waals surface area contributed by atoms with E-state index in [0.29, 0.717) is 5.52 Å². The average molecular weight is 163 g/mol. The summed E-state index contributed by atoms with van der Waals surface area (Å²) in [6, 6.07) is 3.13. The van der Waals surface area contributed by atoms with Gasteiger partial charge in [0.05, 0.1) is 11.8 Å². The van der Waals surface area contributed by atoms with E-state index in [1.165, 1.54) is 16.8 Å². The molecule has 0 unspecified atom stereocenters. The number of aromatic carboxylic acids is 1. The molecule has 0 aliphatic carbocycles. The van der Waals surface area contributed by atoms with Gasteiger partial charge in [0.15, 0.2) is 0 Å². The first-order valence-electron chi connectivity index (χ1n) is 3.31. The van der Waals surface area contributed by atoms with Gasteiger partial charge in [0, 0.05) is 6.20 Å². The minimum absolute atomic E-state index is 0.211. The molecule has 0 atom stereocenters. The molecule has 0 aliphatic rings. The molecule has 2 rings (SSSR count). The lowest BCUT2D eigenvalue weighted by Crippen LogP contribution is -1.99. The van der Waals surface area contributed by atoms with Gasteiger partial charge < -0.3 is 5.11 Å². The van der Waals surface area contributed by atoms with Gasteiger partial charge in [-0.15, -0.1) is 5.10 Å². The Balaban J connectivity index is 2.82. The lowest BCUT2D eigenvalue weighted by atomic mass is 10.2. The smallest absolute Gasteiger partial charge is 0.337 e. The monoisotopic (exact) mass is 163 g/mol. The molecule has 0 aliphatic heterocycles. The third kappa shape index (κ3) is 0.833. The highest BCUT2D eigenvalue weighted by Crippen LogP contribution is 2.07. The van der Waals surface area contributed by atoms with Crippen molar-refractivity contribution in [2.24, 2.45) is 0 Å². The third-order valence-corrected chi connectivity index (χ3v) is 1.57. The highest BCUT2D eigenvalue weighted by atomic mass is 16.4. The van der Waals surface area contributed by atoms with Crippen LogP contribution in [0.1, 0.15) is 10.4 Å². The number of rotatable bonds is 1. The predicted octanol–water partition coefficient (Wildman–Crippen LogP) is 0.427. The molecule has 60 valence electrons. The van der Waals surface area contributed by atoms with E-state index in [4.69, 9.17) is 5.11 Å². The standard InChI is InChI=1S/C7H5N3O2/c11-7(12)5-2-1-3-10-6(5)4-8-9-10/h1-4H,(H,11,12). The molecule has 1 N–H and O–H groups in total. The zero-order valence-electron chi connectivity index (χ0n) is 6.01. The first-order chi connectivity index (χ1) is 5.79. The molecule has 12 heavy (non-hydrogen) atoms. The molecular formula is C7H5N3O2. The maximum atomic E-state index is 10.6. The Labute approximate surface area is 67.2 Å². The van der Waals surface area contributed by atoms with Crippen molar-refractivity contribution in [3.05, 3.63) is 30.1 Å². The van der Waals surface area contributed by atoms with Gasteiger partial charge in [-0.2, -0.15) is 0 Å². The fraction of sp³-hybridized carbons (Fsp3) is 0. The number of carbonyl (C=O) groups is 1. The van der Waals surface area contributed by atoms with Gasteiger partial charge in [0.2, 0.25) is 0 Å². The predicted molar refractivity (Wildman–Crippen MR) is 39.9 cm³/mol. The second-order valence-electron chi connectivity index (χ2n) is 2.29. The van der Waals surface area contributed by atoms with Gasteiger partial charge in [-0.25, -0.2) is 9.31 Å². The summed E-state index contributed by atoms with van der Waals surface area (Å²) in [6.07, 6.45) is 3.07. The Kier molecular flexibility index (Phi) is 1.30. The van der Waals surface area contributed by atoms with Crippen molar-refractivity contribution in [2.45, 2.75) is 0 Å². The SMILES string of the molecule is O=C(O)c1cccn2nncc12. The van der Waals surface area contributed by atoms with Crippen LogP contribution in [0.3, 0.4) is 0 Å². The van der Waals surface area contributed by atoms with Gasteiger partial charge in [0.1, 0.15) is 5.52 Å². The van der Waals surface area contributed by atoms with Crippen LogP contribution in [0.2, 0.25) is 0 Å². The molecule has 2 heterocycles. The molecular weight excluding hydrogens is 158 g/mol. The highest BCUT2D eigenvalue weighted by molar-refractivity contribution is 5.95. The maximum Gasteiger partial charge on any atom is 0.337 e. The summed E-state index contributed by atoms with van der Waals surface area (Å²) in [5.41, 5.74) is 0.715. The van der Waals surface area contributed by atoms with Crippen molar-refractivity contribution >= 4 is 11.5 Å². The molecule has 0 saturated heterocycles. The van der Waals surface area contributed by atoms with Crippen LogP contribution in [0, 0.1) is 0 Å². The summed E-state index contributed by atoms with van der Waals surface area (Å²) in [6.45, 7) is 0. The third-order valence-electron chi connectivity index (χ3n) is 1.57. The largest absolute Gasteiger partial charge is 0.478 e. The van der Waals surface area contributed by atoms with Crippen molar-refractivity contribution in [3.63, 3.8) is 0 Å². The molecule has 0 bridgehead atoms. The number of carboxylic acid groups (broad SMARTS) is 1. The van der Waals surface area contributed by atoms with Crippen LogP contribution in [0.5, 0.6) is 0 Å². The van der Waals surface area contributed by atoms with Gasteiger partial charge in [0.25, 0.3) is 0 Å². The Morgan fingerprint density at radius 3 is 3.17 bits per heavy atom. The summed E-state index contributed by atoms with van der Waals surface area (Å²) in [5, 5.41) is 16.0. The van der Waals surface area contributed by atoms with Crippen LogP contribution in [-0.4, -0.2) is 25.9 Å². The molecule has 0 aromatic carbocycles. The Bertz CT molecular complexity index is 435. The Hall–Kier alpha value is -1.91. The first-order valence-corrected chi connectivity index (χ1v) is 3.31. The molecule has 2 aromatic heterocycles. The quantitative estimate of drug-likeness (QED) is 0.661. The van der Waals surface area contributed by atoms with Gasteiger partial charge in [-0.1, -0.05) is 5.21 Å². The number of carboxylic acids is 1. The van der Waals surface area contributed by atoms with Crippen molar-refractivity contribution in [1.29, 1.82) is 0 Å². The number of nitrogens with zero attached hydrogens (tertiary/aromatic N) is 3. The van der Waals surface area contributed by atoms with Gasteiger partial charge >= 0.3 is 5.97 Å². The molecule has 5 nitrogen and oxygen atoms in total. The van der Waals surface area contributed by atoms with E-state index in [0.717, 1.165) is 0 Å². The minimum Gasteiger partial charge on any atom is -0.478 e. The van der Waals surface area contributed by atoms with E-state index < -0.39 is 5.97 Å². The normalized spacial score (nSPS) is 10.3. The van der Waals surface area contributed by atoms with E-state index in [1.807, 2.05) is 0 Å². The highest BCUT2D eigenvalue weighted by Gasteiger charge is 2.08. The maximum absolute atomic E-state index is 10.6. The molecule has 0 fully saturated rings. The molecule has 2 aromatic rings. The summed E-state index contributed by atoms with van der Waals surface area (Å²) in [7, 11) is 0. The summed E-state index contributed by atoms with van der Waals surface area (Å²) in [5.74, 6) is -0.970. The average Bonchev–Trinajstić information content (AvgIpc) is 2.49. The number of fused-ring (bicyclic) bond motifs is 1. The number of pyridine rings is 1. The number of hydrogen-bond donors (Lipinski definition) is 1. The lowest BCUT2D eigenvalue weighted by Gasteiger charge is -1.94. The van der Waals surface area contributed by atoms with Crippen LogP contribution in [0.25, 0.3) is 5.52 Å². The molecule has 0 amide bonds. The fourth-order valence-electron chi connectivity index (χ4n) is 1.03. The summed E-state index contributed by atoms with van der Waals surface area (Å²) in [4.78, 5) is 10.6. The van der Waals surface area contributed by atoms with Gasteiger partial charge in [-0.05, 0) is 12.1 Å². The van der Waals surface area contributed by atoms with Crippen LogP contribution >= 0.6 is 0 Å². The summed E-state index contributed by atoms with van der Waals surface area (Å²) < 4.78 is 1.42. The Morgan fingerprint density at radius 2 is 2.42 bits per heavy atom. The first kappa shape index (κ1) is 6.78. The lowest BCUT2D eigenvalue weighted by molar-refractivity contribution is 0.0698. The van der Waals surface area contributed by atoms with Crippen molar-refractivity contribution in [3.8, 4) is 0 Å². The van der Waals surface area contributed by atoms with E-state index >= 15 is 0 Å². The van der Waals surface area contributed by atoms with Crippen LogP contribution in [0.15, 0.2) is 24.5 Å². The van der Waals surface area contributed by atoms with Crippen LogP contribution in [0.4, 0.5) is 0 Å². The minimum atomic E-state index is -0.970. The second kappa shape index (κ2) is 2.30. The van der Waals surface area contributed by atoms with Crippen LogP contribution in [-0.2, 0) is 0 Å². The zero-order valence-corrected chi connectivity index (χ0v) is 6.01. The van der Waals surface area contributed by atoms with E-state index in [9.17, 15) is 4.79 Å². The van der Waals surface area contributed by atoms with Crippen molar-refractivity contribution < 1.29 is 9.90 Å². The fourth-order valence-corrected chi connectivity index (χ4v) is 1.03. The van der Waals surface area contributed by atoms with Crippen LogP contribution < -0.4 is 0 Å². The molecule has 0 radical (unpaired) electrons. The van der Waals surface area contributed by atoms with E-state index in [-0.39, 0.29) is 5.56 Å². The second-order valence-corrected chi connectivity index (χ2v) is 2.29.